The maximum atomic E-state index is 11.9. The smallest absolute Gasteiger partial charge is 0.240 e. The summed E-state index contributed by atoms with van der Waals surface area (Å²) in [6.07, 6.45) is 0.631. The number of rotatable bonds is 5. The van der Waals surface area contributed by atoms with Crippen molar-refractivity contribution in [3.63, 3.8) is 0 Å². The predicted molar refractivity (Wildman–Crippen MR) is 83.5 cm³/mol. The van der Waals surface area contributed by atoms with Crippen LogP contribution < -0.4 is 15.8 Å². The number of benzene rings is 1. The SMILES string of the molecule is CNC(=O)[C@@H]1C[C@@H](N)CN1Cc1ccc(S(=O)(=O)NC)cc1. The van der Waals surface area contributed by atoms with Crippen LogP contribution in [0.15, 0.2) is 29.2 Å². The van der Waals surface area contributed by atoms with E-state index in [1.54, 1.807) is 31.3 Å². The number of carbonyl (C=O) groups excluding carboxylic acids is 1. The van der Waals surface area contributed by atoms with Gasteiger partial charge in [-0.25, -0.2) is 13.1 Å². The fourth-order valence-corrected chi connectivity index (χ4v) is 3.41. The van der Waals surface area contributed by atoms with E-state index in [1.165, 1.54) is 7.05 Å². The van der Waals surface area contributed by atoms with Crippen molar-refractivity contribution in [2.45, 2.75) is 29.9 Å². The Kier molecular flexibility index (Phi) is 5.17. The number of nitrogens with one attached hydrogen (secondary N) is 2. The zero-order valence-electron chi connectivity index (χ0n) is 12.7. The van der Waals surface area contributed by atoms with Crippen molar-refractivity contribution in [1.82, 2.24) is 14.9 Å². The second-order valence-corrected chi connectivity index (χ2v) is 7.29. The van der Waals surface area contributed by atoms with Gasteiger partial charge in [-0.3, -0.25) is 9.69 Å². The van der Waals surface area contributed by atoms with Crippen molar-refractivity contribution < 1.29 is 13.2 Å². The van der Waals surface area contributed by atoms with Gasteiger partial charge in [-0.1, -0.05) is 12.1 Å². The van der Waals surface area contributed by atoms with E-state index < -0.39 is 10.0 Å². The lowest BCUT2D eigenvalue weighted by molar-refractivity contribution is -0.125. The van der Waals surface area contributed by atoms with E-state index in [0.717, 1.165) is 5.56 Å². The summed E-state index contributed by atoms with van der Waals surface area (Å²) in [6.45, 7) is 1.21. The third-order valence-corrected chi connectivity index (χ3v) is 5.30. The molecule has 8 heteroatoms. The molecule has 1 aliphatic heterocycles. The number of amides is 1. The lowest BCUT2D eigenvalue weighted by atomic mass is 10.1. The molecule has 2 atom stereocenters. The monoisotopic (exact) mass is 326 g/mol. The second-order valence-electron chi connectivity index (χ2n) is 5.41. The van der Waals surface area contributed by atoms with Crippen LogP contribution in [0.2, 0.25) is 0 Å². The third-order valence-electron chi connectivity index (χ3n) is 3.87. The van der Waals surface area contributed by atoms with Crippen LogP contribution in [0.4, 0.5) is 0 Å². The number of likely N-dealkylation sites (N-methyl/N-ethyl adjacent to an activating group) is 1. The van der Waals surface area contributed by atoms with Crippen LogP contribution in [0.25, 0.3) is 0 Å². The van der Waals surface area contributed by atoms with Crippen molar-refractivity contribution in [2.24, 2.45) is 5.73 Å². The molecule has 0 bridgehead atoms. The maximum Gasteiger partial charge on any atom is 0.240 e. The summed E-state index contributed by atoms with van der Waals surface area (Å²) >= 11 is 0. The summed E-state index contributed by atoms with van der Waals surface area (Å²) in [7, 11) is -0.436. The molecule has 0 saturated carbocycles. The quantitative estimate of drug-likeness (QED) is 0.660. The fraction of sp³-hybridized carbons (Fsp3) is 0.500. The molecule has 1 heterocycles. The molecule has 0 unspecified atom stereocenters. The first-order valence-corrected chi connectivity index (χ1v) is 8.59. The van der Waals surface area contributed by atoms with E-state index in [9.17, 15) is 13.2 Å². The minimum Gasteiger partial charge on any atom is -0.358 e. The molecule has 2 rings (SSSR count). The number of hydrogen-bond donors (Lipinski definition) is 3. The molecule has 1 aromatic carbocycles. The zero-order valence-corrected chi connectivity index (χ0v) is 13.6. The molecule has 1 amide bonds. The third kappa shape index (κ3) is 3.64. The van der Waals surface area contributed by atoms with Crippen molar-refractivity contribution >= 4 is 15.9 Å². The van der Waals surface area contributed by atoms with Crippen LogP contribution in [0.3, 0.4) is 0 Å². The van der Waals surface area contributed by atoms with E-state index >= 15 is 0 Å². The predicted octanol–water partition coefficient (Wildman–Crippen LogP) is -0.758. The van der Waals surface area contributed by atoms with Gasteiger partial charge in [-0.15, -0.1) is 0 Å². The molecule has 1 saturated heterocycles. The Morgan fingerprint density at radius 1 is 1.32 bits per heavy atom. The van der Waals surface area contributed by atoms with Gasteiger partial charge in [-0.05, 0) is 31.2 Å². The number of likely N-dealkylation sites (tertiary alicyclic amines) is 1. The highest BCUT2D eigenvalue weighted by atomic mass is 32.2. The number of sulfonamides is 1. The van der Waals surface area contributed by atoms with E-state index in [-0.39, 0.29) is 22.9 Å². The van der Waals surface area contributed by atoms with Crippen LogP contribution in [0, 0.1) is 0 Å². The molecule has 0 aromatic heterocycles. The number of nitrogens with two attached hydrogens (primary N) is 1. The van der Waals surface area contributed by atoms with Gasteiger partial charge in [0.1, 0.15) is 0 Å². The molecular formula is C14H22N4O3S. The first-order valence-electron chi connectivity index (χ1n) is 7.11. The van der Waals surface area contributed by atoms with E-state index in [0.29, 0.717) is 19.5 Å². The summed E-state index contributed by atoms with van der Waals surface area (Å²) < 4.78 is 25.7. The van der Waals surface area contributed by atoms with Gasteiger partial charge in [0.25, 0.3) is 0 Å². The Hall–Kier alpha value is -1.48. The lowest BCUT2D eigenvalue weighted by Gasteiger charge is -2.22. The molecule has 1 aromatic rings. The van der Waals surface area contributed by atoms with Gasteiger partial charge >= 0.3 is 0 Å². The Bertz CT molecular complexity index is 630. The Morgan fingerprint density at radius 2 is 1.95 bits per heavy atom. The molecule has 0 spiro atoms. The van der Waals surface area contributed by atoms with Gasteiger partial charge in [-0.2, -0.15) is 0 Å². The fourth-order valence-electron chi connectivity index (χ4n) is 2.68. The Labute approximate surface area is 130 Å². The molecular weight excluding hydrogens is 304 g/mol. The topological polar surface area (TPSA) is 105 Å². The van der Waals surface area contributed by atoms with Gasteiger partial charge < -0.3 is 11.1 Å². The minimum absolute atomic E-state index is 0.0220. The summed E-state index contributed by atoms with van der Waals surface area (Å²) in [5, 5.41) is 2.66. The molecule has 22 heavy (non-hydrogen) atoms. The standard InChI is InChI=1S/C14H22N4O3S/c1-16-14(19)13-7-11(15)9-18(13)8-10-3-5-12(6-4-10)22(20,21)17-2/h3-6,11,13,17H,7-9,15H2,1-2H3,(H,16,19)/t11-,13+/m1/s1. The van der Waals surface area contributed by atoms with Gasteiger partial charge in [0.05, 0.1) is 10.9 Å². The molecule has 7 nitrogen and oxygen atoms in total. The van der Waals surface area contributed by atoms with Crippen LogP contribution >= 0.6 is 0 Å². The second kappa shape index (κ2) is 6.74. The van der Waals surface area contributed by atoms with Crippen LogP contribution in [-0.4, -0.2) is 51.9 Å². The van der Waals surface area contributed by atoms with E-state index in [4.69, 9.17) is 5.73 Å². The number of carbonyl (C=O) groups is 1. The molecule has 0 radical (unpaired) electrons. The number of nitrogens with zero attached hydrogens (tertiary/aromatic N) is 1. The zero-order chi connectivity index (χ0) is 16.3. The molecule has 4 N–H and O–H groups in total. The Morgan fingerprint density at radius 3 is 2.50 bits per heavy atom. The van der Waals surface area contributed by atoms with Gasteiger partial charge in [0.2, 0.25) is 15.9 Å². The first-order chi connectivity index (χ1) is 10.4. The highest BCUT2D eigenvalue weighted by molar-refractivity contribution is 7.89. The van der Waals surface area contributed by atoms with Crippen molar-refractivity contribution in [3.05, 3.63) is 29.8 Å². The highest BCUT2D eigenvalue weighted by Gasteiger charge is 2.34. The summed E-state index contributed by atoms with van der Waals surface area (Å²) in [5.74, 6) is -0.0395. The highest BCUT2D eigenvalue weighted by Crippen LogP contribution is 2.20. The van der Waals surface area contributed by atoms with Crippen molar-refractivity contribution in [3.8, 4) is 0 Å². The average Bonchev–Trinajstić information content (AvgIpc) is 2.87. The van der Waals surface area contributed by atoms with Crippen molar-refractivity contribution in [1.29, 1.82) is 0 Å². The minimum atomic E-state index is -3.43. The van der Waals surface area contributed by atoms with Crippen molar-refractivity contribution in [2.75, 3.05) is 20.6 Å². The largest absolute Gasteiger partial charge is 0.358 e. The molecule has 1 aliphatic rings. The van der Waals surface area contributed by atoms with Crippen LogP contribution in [0.5, 0.6) is 0 Å². The first kappa shape index (κ1) is 16.9. The van der Waals surface area contributed by atoms with Gasteiger partial charge in [0.15, 0.2) is 0 Å². The molecule has 1 fully saturated rings. The Balaban J connectivity index is 2.12. The normalized spacial score (nSPS) is 22.7. The van der Waals surface area contributed by atoms with Crippen LogP contribution in [-0.2, 0) is 21.4 Å². The average molecular weight is 326 g/mol. The van der Waals surface area contributed by atoms with Crippen LogP contribution in [0.1, 0.15) is 12.0 Å². The summed E-state index contributed by atoms with van der Waals surface area (Å²) in [4.78, 5) is 14.1. The number of hydrogen-bond acceptors (Lipinski definition) is 5. The molecule has 0 aliphatic carbocycles. The summed E-state index contributed by atoms with van der Waals surface area (Å²) in [6, 6.07) is 6.38. The lowest BCUT2D eigenvalue weighted by Crippen LogP contribution is -2.41. The maximum absolute atomic E-state index is 11.9. The van der Waals surface area contributed by atoms with E-state index in [2.05, 4.69) is 10.0 Å². The van der Waals surface area contributed by atoms with Gasteiger partial charge in [0, 0.05) is 26.2 Å². The summed E-state index contributed by atoms with van der Waals surface area (Å²) in [5.41, 5.74) is 6.89. The molecule has 122 valence electrons. The van der Waals surface area contributed by atoms with E-state index in [1.807, 2.05) is 4.90 Å².